The predicted octanol–water partition coefficient (Wildman–Crippen LogP) is 2.00. The molecule has 0 saturated heterocycles. The number of hydrogen-bond acceptors (Lipinski definition) is 2. The van der Waals surface area contributed by atoms with Gasteiger partial charge in [0, 0.05) is 28.9 Å². The van der Waals surface area contributed by atoms with E-state index >= 15 is 0 Å². The van der Waals surface area contributed by atoms with Crippen molar-refractivity contribution in [3.63, 3.8) is 0 Å². The summed E-state index contributed by atoms with van der Waals surface area (Å²) in [4.78, 5) is 11.9. The second-order valence-corrected chi connectivity index (χ2v) is 5.28. The molecule has 0 aliphatic heterocycles. The summed E-state index contributed by atoms with van der Waals surface area (Å²) in [5.41, 5.74) is 1.83. The van der Waals surface area contributed by atoms with Crippen molar-refractivity contribution in [2.75, 3.05) is 6.54 Å². The molecule has 1 aromatic heterocycles. The Hall–Kier alpha value is -1.37. The molecule has 5 heteroatoms. The van der Waals surface area contributed by atoms with Crippen molar-refractivity contribution in [1.82, 2.24) is 15.1 Å². The Morgan fingerprint density at radius 1 is 1.50 bits per heavy atom. The number of benzene rings is 1. The van der Waals surface area contributed by atoms with Crippen LogP contribution in [-0.4, -0.2) is 22.2 Å². The van der Waals surface area contributed by atoms with Crippen LogP contribution < -0.4 is 5.32 Å². The molecule has 94 valence electrons. The van der Waals surface area contributed by atoms with Crippen LogP contribution in [-0.2, 0) is 13.5 Å². The summed E-state index contributed by atoms with van der Waals surface area (Å²) in [6.07, 6.45) is 4.57. The second kappa shape index (κ2) is 5.99. The molecule has 1 aromatic carbocycles. The van der Waals surface area contributed by atoms with Gasteiger partial charge in [-0.3, -0.25) is 9.48 Å². The fourth-order valence-electron chi connectivity index (χ4n) is 1.65. The first-order valence-corrected chi connectivity index (χ1v) is 6.74. The molecular weight excluding hydrogens is 341 g/mol. The molecule has 2 rings (SSSR count). The van der Waals surface area contributed by atoms with Crippen molar-refractivity contribution < 1.29 is 4.79 Å². The number of aromatic nitrogens is 2. The summed E-state index contributed by atoms with van der Waals surface area (Å²) in [5, 5.41) is 6.99. The molecule has 0 saturated carbocycles. The molecule has 0 unspecified atom stereocenters. The fourth-order valence-corrected chi connectivity index (χ4v) is 2.20. The lowest BCUT2D eigenvalue weighted by Gasteiger charge is -2.04. The Morgan fingerprint density at radius 3 is 3.00 bits per heavy atom. The van der Waals surface area contributed by atoms with E-state index in [1.165, 1.54) is 0 Å². The third-order valence-corrected chi connectivity index (χ3v) is 3.22. The van der Waals surface area contributed by atoms with Crippen LogP contribution in [0.25, 0.3) is 0 Å². The number of carbonyl (C=O) groups is 1. The number of carbonyl (C=O) groups excluding carboxylic acids is 1. The van der Waals surface area contributed by atoms with Crippen molar-refractivity contribution >= 4 is 28.5 Å². The maximum absolute atomic E-state index is 11.9. The summed E-state index contributed by atoms with van der Waals surface area (Å²) in [5.74, 6) is -0.0302. The second-order valence-electron chi connectivity index (χ2n) is 4.04. The largest absolute Gasteiger partial charge is 0.352 e. The van der Waals surface area contributed by atoms with Gasteiger partial charge in [-0.15, -0.1) is 0 Å². The van der Waals surface area contributed by atoms with Crippen LogP contribution in [0.1, 0.15) is 15.9 Å². The van der Waals surface area contributed by atoms with Crippen LogP contribution in [0, 0.1) is 3.57 Å². The SMILES string of the molecule is Cn1cc(CCNC(=O)c2cccc(I)c2)cn1. The highest BCUT2D eigenvalue weighted by atomic mass is 127. The minimum atomic E-state index is -0.0302. The van der Waals surface area contributed by atoms with Crippen LogP contribution in [0.3, 0.4) is 0 Å². The summed E-state index contributed by atoms with van der Waals surface area (Å²) in [6.45, 7) is 0.621. The molecule has 2 aromatic rings. The number of nitrogens with one attached hydrogen (secondary N) is 1. The van der Waals surface area contributed by atoms with E-state index in [0.717, 1.165) is 15.6 Å². The number of halogens is 1. The molecule has 1 N–H and O–H groups in total. The third-order valence-electron chi connectivity index (χ3n) is 2.54. The van der Waals surface area contributed by atoms with E-state index in [4.69, 9.17) is 0 Å². The highest BCUT2D eigenvalue weighted by Gasteiger charge is 2.05. The molecule has 1 heterocycles. The third kappa shape index (κ3) is 3.56. The van der Waals surface area contributed by atoms with Crippen molar-refractivity contribution in [2.45, 2.75) is 6.42 Å². The molecule has 4 nitrogen and oxygen atoms in total. The molecule has 0 aliphatic rings. The fraction of sp³-hybridized carbons (Fsp3) is 0.231. The average Bonchev–Trinajstić information content (AvgIpc) is 2.75. The van der Waals surface area contributed by atoms with Gasteiger partial charge in [0.15, 0.2) is 0 Å². The molecule has 0 bridgehead atoms. The van der Waals surface area contributed by atoms with Gasteiger partial charge in [0.1, 0.15) is 0 Å². The Morgan fingerprint density at radius 2 is 2.33 bits per heavy atom. The maximum Gasteiger partial charge on any atom is 0.251 e. The molecule has 0 radical (unpaired) electrons. The van der Waals surface area contributed by atoms with E-state index in [0.29, 0.717) is 12.1 Å². The van der Waals surface area contributed by atoms with Crippen molar-refractivity contribution in [3.05, 3.63) is 51.4 Å². The maximum atomic E-state index is 11.9. The van der Waals surface area contributed by atoms with Crippen LogP contribution in [0.2, 0.25) is 0 Å². The molecule has 0 fully saturated rings. The standard InChI is InChI=1S/C13H14IN3O/c1-17-9-10(8-16-17)5-6-15-13(18)11-3-2-4-12(14)7-11/h2-4,7-9H,5-6H2,1H3,(H,15,18). The van der Waals surface area contributed by atoms with Gasteiger partial charge in [-0.1, -0.05) is 6.07 Å². The number of amides is 1. The molecule has 0 atom stereocenters. The van der Waals surface area contributed by atoms with E-state index in [-0.39, 0.29) is 5.91 Å². The van der Waals surface area contributed by atoms with Gasteiger partial charge in [-0.25, -0.2) is 0 Å². The number of nitrogens with zero attached hydrogens (tertiary/aromatic N) is 2. The number of hydrogen-bond donors (Lipinski definition) is 1. The van der Waals surface area contributed by atoms with Crippen molar-refractivity contribution in [3.8, 4) is 0 Å². The Kier molecular flexibility index (Phi) is 4.35. The van der Waals surface area contributed by atoms with Crippen LogP contribution >= 0.6 is 22.6 Å². The predicted molar refractivity (Wildman–Crippen MR) is 78.4 cm³/mol. The van der Waals surface area contributed by atoms with Gasteiger partial charge in [0.25, 0.3) is 5.91 Å². The zero-order valence-corrected chi connectivity index (χ0v) is 12.2. The summed E-state index contributed by atoms with van der Waals surface area (Å²) in [7, 11) is 1.88. The van der Waals surface area contributed by atoms with Crippen molar-refractivity contribution in [2.24, 2.45) is 7.05 Å². The van der Waals surface area contributed by atoms with Gasteiger partial charge in [-0.05, 0) is 52.8 Å². The number of aryl methyl sites for hydroxylation is 1. The summed E-state index contributed by atoms with van der Waals surface area (Å²) >= 11 is 2.20. The van der Waals surface area contributed by atoms with E-state index in [2.05, 4.69) is 33.0 Å². The van der Waals surface area contributed by atoms with E-state index in [1.54, 1.807) is 4.68 Å². The van der Waals surface area contributed by atoms with E-state index < -0.39 is 0 Å². The van der Waals surface area contributed by atoms with Crippen molar-refractivity contribution in [1.29, 1.82) is 0 Å². The molecular formula is C13H14IN3O. The van der Waals surface area contributed by atoms with Gasteiger partial charge in [0.2, 0.25) is 0 Å². The minimum Gasteiger partial charge on any atom is -0.352 e. The van der Waals surface area contributed by atoms with Gasteiger partial charge in [-0.2, -0.15) is 5.10 Å². The van der Waals surface area contributed by atoms with Gasteiger partial charge in [0.05, 0.1) is 6.20 Å². The highest BCUT2D eigenvalue weighted by molar-refractivity contribution is 14.1. The van der Waals surface area contributed by atoms with Gasteiger partial charge < -0.3 is 5.32 Å². The molecule has 18 heavy (non-hydrogen) atoms. The molecule has 1 amide bonds. The summed E-state index contributed by atoms with van der Waals surface area (Å²) in [6, 6.07) is 7.55. The monoisotopic (exact) mass is 355 g/mol. The average molecular weight is 355 g/mol. The molecule has 0 spiro atoms. The topological polar surface area (TPSA) is 46.9 Å². The quantitative estimate of drug-likeness (QED) is 0.853. The van der Waals surface area contributed by atoms with Crippen LogP contribution in [0.5, 0.6) is 0 Å². The first-order chi connectivity index (χ1) is 8.65. The summed E-state index contributed by atoms with van der Waals surface area (Å²) < 4.78 is 2.82. The zero-order valence-electron chi connectivity index (χ0n) is 10.1. The molecule has 0 aliphatic carbocycles. The Bertz CT molecular complexity index is 551. The smallest absolute Gasteiger partial charge is 0.251 e. The number of rotatable bonds is 4. The Labute approximate surface area is 120 Å². The zero-order chi connectivity index (χ0) is 13.0. The highest BCUT2D eigenvalue weighted by Crippen LogP contribution is 2.07. The first kappa shape index (κ1) is 13.1. The lowest BCUT2D eigenvalue weighted by atomic mass is 10.2. The van der Waals surface area contributed by atoms with Crippen LogP contribution in [0.15, 0.2) is 36.7 Å². The van der Waals surface area contributed by atoms with Crippen LogP contribution in [0.4, 0.5) is 0 Å². The first-order valence-electron chi connectivity index (χ1n) is 5.66. The lowest BCUT2D eigenvalue weighted by Crippen LogP contribution is -2.25. The Balaban J connectivity index is 1.85. The minimum absolute atomic E-state index is 0.0302. The van der Waals surface area contributed by atoms with E-state index in [9.17, 15) is 4.79 Å². The normalized spacial score (nSPS) is 10.3. The van der Waals surface area contributed by atoms with E-state index in [1.807, 2.05) is 43.7 Å². The van der Waals surface area contributed by atoms with Gasteiger partial charge >= 0.3 is 0 Å². The lowest BCUT2D eigenvalue weighted by molar-refractivity contribution is 0.0954.